The van der Waals surface area contributed by atoms with Crippen LogP contribution >= 0.6 is 11.8 Å². The molecule has 0 radical (unpaired) electrons. The molecule has 0 aliphatic heterocycles. The Morgan fingerprint density at radius 2 is 2.24 bits per heavy atom. The zero-order valence-electron chi connectivity index (χ0n) is 12.5. The summed E-state index contributed by atoms with van der Waals surface area (Å²) in [5.41, 5.74) is 2.64. The van der Waals surface area contributed by atoms with Gasteiger partial charge in [-0.3, -0.25) is 0 Å². The van der Waals surface area contributed by atoms with Crippen molar-refractivity contribution >= 4 is 23.4 Å². The van der Waals surface area contributed by atoms with Crippen LogP contribution in [0, 0.1) is 0 Å². The van der Waals surface area contributed by atoms with E-state index in [2.05, 4.69) is 11.4 Å². The first-order valence-corrected chi connectivity index (χ1v) is 8.61. The number of rotatable bonds is 7. The lowest BCUT2D eigenvalue weighted by Crippen LogP contribution is -2.10. The fraction of sp³-hybridized carbons (Fsp3) is 0.471. The standard InChI is InChI=1S/C17H23NO2S/c1-2-21-15-10-6-9-14(16(15)17(19)20)18-12-11-13-7-4-3-5-8-13/h6-7,9-10,18H,2-5,8,11-12H2,1H3,(H,19,20). The minimum absolute atomic E-state index is 0.405. The second-order valence-corrected chi connectivity index (χ2v) is 6.51. The van der Waals surface area contributed by atoms with E-state index < -0.39 is 5.97 Å². The number of hydrogen-bond donors (Lipinski definition) is 2. The molecule has 0 unspecified atom stereocenters. The molecule has 0 aromatic heterocycles. The molecule has 0 heterocycles. The molecular weight excluding hydrogens is 282 g/mol. The van der Waals surface area contributed by atoms with E-state index in [0.717, 1.165) is 29.3 Å². The summed E-state index contributed by atoms with van der Waals surface area (Å²) in [4.78, 5) is 12.4. The van der Waals surface area contributed by atoms with Gasteiger partial charge < -0.3 is 10.4 Å². The predicted molar refractivity (Wildman–Crippen MR) is 89.5 cm³/mol. The Labute approximate surface area is 130 Å². The normalized spacial score (nSPS) is 14.6. The van der Waals surface area contributed by atoms with Crippen molar-refractivity contribution in [1.29, 1.82) is 0 Å². The lowest BCUT2D eigenvalue weighted by Gasteiger charge is -2.15. The van der Waals surface area contributed by atoms with Gasteiger partial charge in [0, 0.05) is 17.1 Å². The van der Waals surface area contributed by atoms with Crippen molar-refractivity contribution in [2.75, 3.05) is 17.6 Å². The van der Waals surface area contributed by atoms with E-state index in [1.807, 2.05) is 25.1 Å². The van der Waals surface area contributed by atoms with Crippen LogP contribution in [0.3, 0.4) is 0 Å². The Morgan fingerprint density at radius 3 is 2.90 bits per heavy atom. The summed E-state index contributed by atoms with van der Waals surface area (Å²) < 4.78 is 0. The van der Waals surface area contributed by atoms with Crippen LogP contribution < -0.4 is 5.32 Å². The van der Waals surface area contributed by atoms with Crippen LogP contribution in [0.15, 0.2) is 34.7 Å². The molecule has 0 fully saturated rings. The van der Waals surface area contributed by atoms with Crippen LogP contribution in [-0.4, -0.2) is 23.4 Å². The van der Waals surface area contributed by atoms with E-state index in [4.69, 9.17) is 0 Å². The number of benzene rings is 1. The highest BCUT2D eigenvalue weighted by atomic mass is 32.2. The number of thioether (sulfide) groups is 1. The van der Waals surface area contributed by atoms with Crippen LogP contribution in [0.2, 0.25) is 0 Å². The highest BCUT2D eigenvalue weighted by Crippen LogP contribution is 2.29. The summed E-state index contributed by atoms with van der Waals surface area (Å²) in [6, 6.07) is 5.66. The Kier molecular flexibility index (Phi) is 6.18. The Balaban J connectivity index is 2.03. The number of carboxylic acid groups (broad SMARTS) is 1. The number of allylic oxidation sites excluding steroid dienone is 1. The van der Waals surface area contributed by atoms with Crippen molar-refractivity contribution in [2.45, 2.75) is 43.9 Å². The lowest BCUT2D eigenvalue weighted by molar-refractivity contribution is 0.0694. The Hall–Kier alpha value is -1.42. The first kappa shape index (κ1) is 16.0. The van der Waals surface area contributed by atoms with E-state index in [-0.39, 0.29) is 0 Å². The summed E-state index contributed by atoms with van der Waals surface area (Å²) in [6.07, 6.45) is 8.32. The molecule has 21 heavy (non-hydrogen) atoms. The zero-order valence-corrected chi connectivity index (χ0v) is 13.3. The monoisotopic (exact) mass is 305 g/mol. The maximum absolute atomic E-state index is 11.5. The van der Waals surface area contributed by atoms with Crippen molar-refractivity contribution in [3.63, 3.8) is 0 Å². The molecule has 2 rings (SSSR count). The lowest BCUT2D eigenvalue weighted by atomic mass is 9.97. The van der Waals surface area contributed by atoms with Crippen LogP contribution in [0.25, 0.3) is 0 Å². The molecule has 1 aliphatic rings. The molecule has 0 saturated carbocycles. The van der Waals surface area contributed by atoms with Gasteiger partial charge in [0.25, 0.3) is 0 Å². The van der Waals surface area contributed by atoms with E-state index in [1.54, 1.807) is 11.8 Å². The van der Waals surface area contributed by atoms with E-state index >= 15 is 0 Å². The summed E-state index contributed by atoms with van der Waals surface area (Å²) >= 11 is 1.57. The van der Waals surface area contributed by atoms with Crippen molar-refractivity contribution in [3.05, 3.63) is 35.4 Å². The van der Waals surface area contributed by atoms with Crippen LogP contribution in [0.5, 0.6) is 0 Å². The molecular formula is C17H23NO2S. The van der Waals surface area contributed by atoms with Gasteiger partial charge in [0.2, 0.25) is 0 Å². The van der Waals surface area contributed by atoms with Gasteiger partial charge in [0.1, 0.15) is 0 Å². The fourth-order valence-corrected chi connectivity index (χ4v) is 3.49. The quantitative estimate of drug-likeness (QED) is 0.561. The Morgan fingerprint density at radius 1 is 1.38 bits per heavy atom. The van der Waals surface area contributed by atoms with Gasteiger partial charge in [-0.25, -0.2) is 4.79 Å². The minimum Gasteiger partial charge on any atom is -0.478 e. The summed E-state index contributed by atoms with van der Waals surface area (Å²) in [5.74, 6) is 0.0160. The molecule has 1 aliphatic carbocycles. The molecule has 0 atom stereocenters. The fourth-order valence-electron chi connectivity index (χ4n) is 2.66. The second kappa shape index (κ2) is 8.13. The number of nitrogens with one attached hydrogen (secondary N) is 1. The number of carbonyl (C=O) groups is 1. The van der Waals surface area contributed by atoms with Gasteiger partial charge in [-0.05, 0) is 50.0 Å². The average molecular weight is 305 g/mol. The van der Waals surface area contributed by atoms with Gasteiger partial charge in [-0.2, -0.15) is 0 Å². The molecule has 1 aromatic carbocycles. The van der Waals surface area contributed by atoms with Crippen molar-refractivity contribution in [1.82, 2.24) is 0 Å². The maximum atomic E-state index is 11.5. The third-order valence-electron chi connectivity index (χ3n) is 3.69. The second-order valence-electron chi connectivity index (χ2n) is 5.20. The van der Waals surface area contributed by atoms with Crippen LogP contribution in [0.1, 0.15) is 49.4 Å². The third-order valence-corrected chi connectivity index (χ3v) is 4.63. The molecule has 0 saturated heterocycles. The van der Waals surface area contributed by atoms with E-state index in [1.165, 1.54) is 31.3 Å². The molecule has 0 amide bonds. The molecule has 2 N–H and O–H groups in total. The number of anilines is 1. The smallest absolute Gasteiger partial charge is 0.338 e. The summed E-state index contributed by atoms with van der Waals surface area (Å²) in [7, 11) is 0. The SMILES string of the molecule is CCSc1cccc(NCCC2=CCCCC2)c1C(=O)O. The molecule has 4 heteroatoms. The van der Waals surface area contributed by atoms with Crippen molar-refractivity contribution in [3.8, 4) is 0 Å². The predicted octanol–water partition coefficient (Wildman–Crippen LogP) is 4.80. The zero-order chi connectivity index (χ0) is 15.1. The van der Waals surface area contributed by atoms with Gasteiger partial charge in [0.15, 0.2) is 0 Å². The van der Waals surface area contributed by atoms with Crippen LogP contribution in [0.4, 0.5) is 5.69 Å². The highest BCUT2D eigenvalue weighted by Gasteiger charge is 2.15. The van der Waals surface area contributed by atoms with Gasteiger partial charge in [0.05, 0.1) is 5.56 Å². The van der Waals surface area contributed by atoms with Gasteiger partial charge in [-0.15, -0.1) is 11.8 Å². The Bertz CT molecular complexity index is 526. The van der Waals surface area contributed by atoms with E-state index in [0.29, 0.717) is 5.56 Å². The molecule has 1 aromatic rings. The maximum Gasteiger partial charge on any atom is 0.338 e. The minimum atomic E-state index is -0.856. The topological polar surface area (TPSA) is 49.3 Å². The molecule has 0 bridgehead atoms. The highest BCUT2D eigenvalue weighted by molar-refractivity contribution is 7.99. The largest absolute Gasteiger partial charge is 0.478 e. The third kappa shape index (κ3) is 4.53. The first-order valence-electron chi connectivity index (χ1n) is 7.63. The molecule has 3 nitrogen and oxygen atoms in total. The molecule has 114 valence electrons. The number of hydrogen-bond acceptors (Lipinski definition) is 3. The first-order chi connectivity index (χ1) is 10.2. The number of aromatic carboxylic acids is 1. The number of carboxylic acids is 1. The molecule has 0 spiro atoms. The van der Waals surface area contributed by atoms with Crippen molar-refractivity contribution in [2.24, 2.45) is 0 Å². The van der Waals surface area contributed by atoms with E-state index in [9.17, 15) is 9.90 Å². The van der Waals surface area contributed by atoms with Crippen LogP contribution in [-0.2, 0) is 0 Å². The van der Waals surface area contributed by atoms with Gasteiger partial charge >= 0.3 is 5.97 Å². The average Bonchev–Trinajstić information content (AvgIpc) is 2.48. The summed E-state index contributed by atoms with van der Waals surface area (Å²) in [6.45, 7) is 2.83. The van der Waals surface area contributed by atoms with Gasteiger partial charge in [-0.1, -0.05) is 24.6 Å². The summed E-state index contributed by atoms with van der Waals surface area (Å²) in [5, 5.41) is 12.8. The van der Waals surface area contributed by atoms with Crippen molar-refractivity contribution < 1.29 is 9.90 Å².